The summed E-state index contributed by atoms with van der Waals surface area (Å²) < 4.78 is 111. The first-order valence-corrected chi connectivity index (χ1v) is 11.3. The average Bonchev–Trinajstić information content (AvgIpc) is 2.87. The van der Waals surface area contributed by atoms with Gasteiger partial charge in [-0.1, -0.05) is 6.92 Å². The van der Waals surface area contributed by atoms with Gasteiger partial charge in [0.15, 0.2) is 34.9 Å². The van der Waals surface area contributed by atoms with Crippen LogP contribution in [0.5, 0.6) is 0 Å². The third kappa shape index (κ3) is 6.98. The Kier molecular flexibility index (Phi) is 11.0. The first-order valence-electron chi connectivity index (χ1n) is 11.3. The van der Waals surface area contributed by atoms with Crippen molar-refractivity contribution in [1.82, 2.24) is 0 Å². The molecule has 2 aromatic rings. The van der Waals surface area contributed by atoms with Crippen LogP contribution in [0.15, 0.2) is 12.1 Å². The van der Waals surface area contributed by atoms with Gasteiger partial charge in [-0.2, -0.15) is 0 Å². The molecule has 3 unspecified atom stereocenters. The summed E-state index contributed by atoms with van der Waals surface area (Å²) in [5.41, 5.74) is -2.00. The summed E-state index contributed by atoms with van der Waals surface area (Å²) in [4.78, 5) is 0. The largest absolute Gasteiger partial charge is 0.394 e. The van der Waals surface area contributed by atoms with Crippen molar-refractivity contribution in [1.29, 1.82) is 0 Å². The summed E-state index contributed by atoms with van der Waals surface area (Å²) >= 11 is 0. The fourth-order valence-corrected chi connectivity index (χ4v) is 4.15. The number of rotatable bonds is 12. The molecule has 0 aliphatic heterocycles. The van der Waals surface area contributed by atoms with Crippen LogP contribution in [0.3, 0.4) is 0 Å². The smallest absolute Gasteiger partial charge is 0.194 e. The molecule has 0 amide bonds. The molecule has 14 heteroatoms. The van der Waals surface area contributed by atoms with Crippen LogP contribution in [0.25, 0.3) is 0 Å². The van der Waals surface area contributed by atoms with E-state index < -0.39 is 126 Å². The predicted octanol–water partition coefficient (Wildman–Crippen LogP) is 2.02. The van der Waals surface area contributed by atoms with Crippen LogP contribution in [0.4, 0.5) is 35.1 Å². The highest BCUT2D eigenvalue weighted by Crippen LogP contribution is 2.31. The van der Waals surface area contributed by atoms with Gasteiger partial charge in [0.25, 0.3) is 0 Å². The molecule has 0 aromatic heterocycles. The van der Waals surface area contributed by atoms with Crippen molar-refractivity contribution in [2.45, 2.75) is 56.7 Å². The zero-order chi connectivity index (χ0) is 29.1. The summed E-state index contributed by atoms with van der Waals surface area (Å²) in [5, 5.41) is 59.3. The van der Waals surface area contributed by atoms with Crippen molar-refractivity contribution >= 4 is 0 Å². The lowest BCUT2D eigenvalue weighted by molar-refractivity contribution is -0.149. The second-order valence-corrected chi connectivity index (χ2v) is 9.11. The fraction of sp³-hybridized carbons (Fsp3) is 0.500. The van der Waals surface area contributed by atoms with Gasteiger partial charge in [-0.25, -0.2) is 35.1 Å². The van der Waals surface area contributed by atoms with E-state index in [0.29, 0.717) is 0 Å². The molecule has 0 heterocycles. The van der Waals surface area contributed by atoms with E-state index in [0.717, 1.165) is 0 Å². The minimum absolute atomic E-state index is 0.0132. The molecule has 0 aliphatic rings. The van der Waals surface area contributed by atoms with E-state index in [4.69, 9.17) is 5.11 Å². The van der Waals surface area contributed by atoms with Gasteiger partial charge in [0.1, 0.15) is 36.1 Å². The average molecular weight is 562 g/mol. The lowest BCUT2D eigenvalue weighted by atomic mass is 9.80. The van der Waals surface area contributed by atoms with Crippen molar-refractivity contribution in [2.24, 2.45) is 11.8 Å². The third-order valence-corrected chi connectivity index (χ3v) is 6.26. The maximum atomic E-state index is 14.3. The van der Waals surface area contributed by atoms with E-state index in [-0.39, 0.29) is 12.1 Å². The zero-order valence-corrected chi connectivity index (χ0v) is 19.7. The highest BCUT2D eigenvalue weighted by molar-refractivity contribution is 5.24. The first-order chi connectivity index (χ1) is 17.6. The normalized spacial score (nSPS) is 17.6. The van der Waals surface area contributed by atoms with Crippen molar-refractivity contribution in [3.63, 3.8) is 0 Å². The van der Waals surface area contributed by atoms with E-state index in [1.165, 1.54) is 6.92 Å². The van der Waals surface area contributed by atoms with E-state index in [2.05, 4.69) is 0 Å². The van der Waals surface area contributed by atoms with Crippen molar-refractivity contribution in [3.05, 3.63) is 69.8 Å². The maximum absolute atomic E-state index is 14.3. The molecular formula is C24H26F8O6. The predicted molar refractivity (Wildman–Crippen MR) is 114 cm³/mol. The van der Waals surface area contributed by atoms with Gasteiger partial charge in [-0.3, -0.25) is 0 Å². The van der Waals surface area contributed by atoms with E-state index in [9.17, 15) is 60.7 Å². The molecule has 214 valence electrons. The molecule has 2 rings (SSSR count). The van der Waals surface area contributed by atoms with Crippen molar-refractivity contribution in [3.8, 4) is 0 Å². The monoisotopic (exact) mass is 562 g/mol. The quantitative estimate of drug-likeness (QED) is 0.134. The Bertz CT molecular complexity index is 1120. The summed E-state index contributed by atoms with van der Waals surface area (Å²) in [6.45, 7) is 0.198. The number of hydrogen-bond donors (Lipinski definition) is 6. The molecule has 0 fully saturated rings. The SMILES string of the molecule is CC(Cc1c(F)cc(F)c(F)c1F)CC(Cc1c(F)cc(F)c(F)c1F)C(O)[C@@H](O)[C@@H](O)[C@H](O)[C@@H](O)CO. The number of benzene rings is 2. The summed E-state index contributed by atoms with van der Waals surface area (Å²) in [6, 6.07) is 0.103. The number of aliphatic hydroxyl groups excluding tert-OH is 6. The third-order valence-electron chi connectivity index (χ3n) is 6.26. The van der Waals surface area contributed by atoms with Crippen molar-refractivity contribution in [2.75, 3.05) is 6.61 Å². The summed E-state index contributed by atoms with van der Waals surface area (Å²) in [6.07, 6.45) is -13.3. The van der Waals surface area contributed by atoms with Gasteiger partial charge in [-0.05, 0) is 31.1 Å². The Balaban J connectivity index is 2.42. The molecule has 0 aliphatic carbocycles. The second kappa shape index (κ2) is 13.1. The lowest BCUT2D eigenvalue weighted by Crippen LogP contribution is -2.52. The van der Waals surface area contributed by atoms with E-state index in [1.807, 2.05) is 0 Å². The Morgan fingerprint density at radius 3 is 1.45 bits per heavy atom. The molecule has 0 saturated carbocycles. The molecule has 2 aromatic carbocycles. The topological polar surface area (TPSA) is 121 Å². The molecule has 6 N–H and O–H groups in total. The number of halogens is 8. The highest BCUT2D eigenvalue weighted by atomic mass is 19.2. The molecular weight excluding hydrogens is 536 g/mol. The van der Waals surface area contributed by atoms with Crippen LogP contribution >= 0.6 is 0 Å². The molecule has 0 spiro atoms. The Morgan fingerprint density at radius 1 is 0.579 bits per heavy atom. The standard InChI is InChI=1S/C24H26F8O6/c1-8(3-10-12(25)5-14(27)19(31)17(10)29)2-9(4-11-13(26)6-15(28)20(32)18(11)30)21(35)23(37)24(38)22(36)16(34)7-33/h5-6,8-9,16,21-24,33-38H,2-4,7H2,1H3/t8?,9?,16-,21?,22+,23+,24-/m0/s1. The van der Waals surface area contributed by atoms with Gasteiger partial charge >= 0.3 is 0 Å². The molecule has 0 saturated heterocycles. The fourth-order valence-electron chi connectivity index (χ4n) is 4.15. The van der Waals surface area contributed by atoms with Crippen LogP contribution in [-0.4, -0.2) is 67.8 Å². The molecule has 0 bridgehead atoms. The van der Waals surface area contributed by atoms with Crippen molar-refractivity contribution < 1.29 is 65.8 Å². The maximum Gasteiger partial charge on any atom is 0.194 e. The Hall–Kier alpha value is -2.36. The van der Waals surface area contributed by atoms with Gasteiger partial charge in [0.05, 0.1) is 12.7 Å². The Labute approximate surface area is 211 Å². The summed E-state index contributed by atoms with van der Waals surface area (Å²) in [7, 11) is 0. The number of hydrogen-bond acceptors (Lipinski definition) is 6. The van der Waals surface area contributed by atoms with Crippen LogP contribution in [0, 0.1) is 58.4 Å². The van der Waals surface area contributed by atoms with Gasteiger partial charge in [0, 0.05) is 23.3 Å². The first kappa shape index (κ1) is 31.9. The second-order valence-electron chi connectivity index (χ2n) is 9.11. The summed E-state index contributed by atoms with van der Waals surface area (Å²) in [5.74, 6) is -17.2. The Morgan fingerprint density at radius 2 is 1.00 bits per heavy atom. The van der Waals surface area contributed by atoms with Gasteiger partial charge in [0.2, 0.25) is 0 Å². The molecule has 38 heavy (non-hydrogen) atoms. The highest BCUT2D eigenvalue weighted by Gasteiger charge is 2.39. The molecule has 0 radical (unpaired) electrons. The van der Waals surface area contributed by atoms with Crippen LogP contribution in [0.1, 0.15) is 24.5 Å². The zero-order valence-electron chi connectivity index (χ0n) is 19.7. The van der Waals surface area contributed by atoms with E-state index >= 15 is 0 Å². The minimum Gasteiger partial charge on any atom is -0.394 e. The van der Waals surface area contributed by atoms with Gasteiger partial charge < -0.3 is 30.6 Å². The molecule has 7 atom stereocenters. The molecule has 6 nitrogen and oxygen atoms in total. The van der Waals surface area contributed by atoms with Crippen LogP contribution in [-0.2, 0) is 12.8 Å². The van der Waals surface area contributed by atoms with E-state index in [1.54, 1.807) is 0 Å². The minimum atomic E-state index is -2.36. The lowest BCUT2D eigenvalue weighted by Gasteiger charge is -2.34. The number of aliphatic hydroxyl groups is 6. The van der Waals surface area contributed by atoms with Crippen LogP contribution < -0.4 is 0 Å². The van der Waals surface area contributed by atoms with Crippen LogP contribution in [0.2, 0.25) is 0 Å². The van der Waals surface area contributed by atoms with Gasteiger partial charge in [-0.15, -0.1) is 0 Å².